The van der Waals surface area contributed by atoms with E-state index in [0.717, 1.165) is 59.4 Å². The third kappa shape index (κ3) is 3.63. The Morgan fingerprint density at radius 1 is 0.972 bits per heavy atom. The van der Waals surface area contributed by atoms with E-state index in [-0.39, 0.29) is 11.5 Å². The molecule has 0 bridgehead atoms. The summed E-state index contributed by atoms with van der Waals surface area (Å²) in [7, 11) is 0. The molecule has 2 N–H and O–H groups in total. The molecule has 1 aromatic carbocycles. The van der Waals surface area contributed by atoms with Gasteiger partial charge in [-0.3, -0.25) is 4.40 Å². The summed E-state index contributed by atoms with van der Waals surface area (Å²) in [5.41, 5.74) is 11.9. The van der Waals surface area contributed by atoms with E-state index in [1.165, 1.54) is 22.9 Å². The summed E-state index contributed by atoms with van der Waals surface area (Å²) in [6.07, 6.45) is 8.72. The number of fused-ring (bicyclic) bond motifs is 3. The van der Waals surface area contributed by atoms with E-state index in [0.29, 0.717) is 10.7 Å². The zero-order chi connectivity index (χ0) is 24.3. The van der Waals surface area contributed by atoms with Gasteiger partial charge in [-0.25, -0.2) is 19.9 Å². The molecule has 1 aliphatic heterocycles. The molecule has 0 unspecified atom stereocenters. The Morgan fingerprint density at radius 2 is 1.83 bits per heavy atom. The highest BCUT2D eigenvalue weighted by atomic mass is 35.5. The number of benzene rings is 1. The second-order valence-electron chi connectivity index (χ2n) is 9.70. The number of hydrogen-bond acceptors (Lipinski definition) is 7. The number of halogens is 1. The summed E-state index contributed by atoms with van der Waals surface area (Å²) in [4.78, 5) is 21.1. The summed E-state index contributed by atoms with van der Waals surface area (Å²) < 4.78 is 1.96. The van der Waals surface area contributed by atoms with E-state index in [2.05, 4.69) is 39.1 Å². The highest BCUT2D eigenvalue weighted by molar-refractivity contribution is 7.99. The minimum atomic E-state index is 0.114. The normalized spacial score (nSPS) is 18.8. The van der Waals surface area contributed by atoms with Crippen LogP contribution in [0.1, 0.15) is 30.0 Å². The molecule has 180 valence electrons. The van der Waals surface area contributed by atoms with Gasteiger partial charge >= 0.3 is 0 Å². The molecular formula is C27H24ClN7S. The lowest BCUT2D eigenvalue weighted by atomic mass is 9.73. The summed E-state index contributed by atoms with van der Waals surface area (Å²) >= 11 is 7.69. The first-order valence-electron chi connectivity index (χ1n) is 12.1. The molecule has 9 heteroatoms. The Labute approximate surface area is 217 Å². The van der Waals surface area contributed by atoms with Crippen molar-refractivity contribution in [3.8, 4) is 0 Å². The van der Waals surface area contributed by atoms with Crippen LogP contribution in [0.2, 0.25) is 5.02 Å². The number of aromatic nitrogens is 5. The molecule has 7 nitrogen and oxygen atoms in total. The van der Waals surface area contributed by atoms with Crippen molar-refractivity contribution in [2.24, 2.45) is 11.1 Å². The van der Waals surface area contributed by atoms with Gasteiger partial charge in [-0.05, 0) is 71.8 Å². The molecule has 0 amide bonds. The van der Waals surface area contributed by atoms with Crippen molar-refractivity contribution in [3.05, 3.63) is 83.3 Å². The van der Waals surface area contributed by atoms with Crippen LogP contribution in [0.5, 0.6) is 0 Å². The second kappa shape index (κ2) is 8.44. The molecule has 5 heterocycles. The third-order valence-corrected chi connectivity index (χ3v) is 8.86. The van der Waals surface area contributed by atoms with Crippen LogP contribution in [0.15, 0.2) is 77.2 Å². The Kier molecular flexibility index (Phi) is 5.16. The standard InChI is InChI=1S/C27H24ClN7S/c28-18-5-7-21-30-15-24(35(21)16-18)36-23-8-6-20-26(33-23)31-14-22(32-20)34-11-9-27(10-12-34)13-17-3-1-2-4-19(17)25(27)29/h1-8,14-16,25H,9-13,29H2/t25-/m1/s1. The average Bonchev–Trinajstić information content (AvgIpc) is 3.42. The number of imidazole rings is 1. The Hall–Kier alpha value is -3.20. The Bertz CT molecular complexity index is 1610. The lowest BCUT2D eigenvalue weighted by Crippen LogP contribution is -2.44. The van der Waals surface area contributed by atoms with Gasteiger partial charge in [-0.1, -0.05) is 35.9 Å². The maximum Gasteiger partial charge on any atom is 0.179 e. The summed E-state index contributed by atoms with van der Waals surface area (Å²) in [5, 5.41) is 2.44. The summed E-state index contributed by atoms with van der Waals surface area (Å²) in [6, 6.07) is 16.5. The van der Waals surface area contributed by atoms with Crippen molar-refractivity contribution in [2.45, 2.75) is 35.4 Å². The van der Waals surface area contributed by atoms with Gasteiger partial charge in [0.15, 0.2) is 5.65 Å². The SMILES string of the molecule is N[C@@H]1c2ccccc2CC12CCN(c1cnc3nc(Sc4cnc5ccc(Cl)cn45)ccc3n1)CC2. The van der Waals surface area contributed by atoms with E-state index in [1.54, 1.807) is 0 Å². The lowest BCUT2D eigenvalue weighted by molar-refractivity contribution is 0.187. The highest BCUT2D eigenvalue weighted by Crippen LogP contribution is 2.50. The van der Waals surface area contributed by atoms with E-state index >= 15 is 0 Å². The topological polar surface area (TPSA) is 85.2 Å². The molecule has 2 aliphatic rings. The minimum Gasteiger partial charge on any atom is -0.355 e. The monoisotopic (exact) mass is 513 g/mol. The van der Waals surface area contributed by atoms with Crippen LogP contribution in [-0.2, 0) is 6.42 Å². The molecule has 7 rings (SSSR count). The number of nitrogens with two attached hydrogens (primary N) is 1. The molecule has 1 fully saturated rings. The number of rotatable bonds is 3. The fourth-order valence-corrected chi connectivity index (χ4v) is 6.68. The molecule has 36 heavy (non-hydrogen) atoms. The first-order chi connectivity index (χ1) is 17.6. The van der Waals surface area contributed by atoms with Crippen LogP contribution in [-0.4, -0.2) is 37.4 Å². The van der Waals surface area contributed by atoms with Crippen LogP contribution in [0.3, 0.4) is 0 Å². The molecule has 1 saturated heterocycles. The van der Waals surface area contributed by atoms with Crippen molar-refractivity contribution in [2.75, 3.05) is 18.0 Å². The van der Waals surface area contributed by atoms with Crippen molar-refractivity contribution in [1.82, 2.24) is 24.3 Å². The smallest absolute Gasteiger partial charge is 0.179 e. The van der Waals surface area contributed by atoms with Crippen LogP contribution in [0.4, 0.5) is 5.82 Å². The van der Waals surface area contributed by atoms with E-state index in [4.69, 9.17) is 27.3 Å². The summed E-state index contributed by atoms with van der Waals surface area (Å²) in [6.45, 7) is 1.86. The molecule has 0 radical (unpaired) electrons. The first-order valence-corrected chi connectivity index (χ1v) is 13.3. The molecule has 4 aromatic heterocycles. The fourth-order valence-electron chi connectivity index (χ4n) is 5.69. The van der Waals surface area contributed by atoms with Crippen LogP contribution < -0.4 is 10.6 Å². The van der Waals surface area contributed by atoms with Gasteiger partial charge in [0, 0.05) is 25.3 Å². The van der Waals surface area contributed by atoms with Gasteiger partial charge in [0.25, 0.3) is 0 Å². The second-order valence-corrected chi connectivity index (χ2v) is 11.2. The van der Waals surface area contributed by atoms with Gasteiger partial charge in [0.05, 0.1) is 17.4 Å². The van der Waals surface area contributed by atoms with Crippen molar-refractivity contribution < 1.29 is 0 Å². The molecule has 1 atom stereocenters. The van der Waals surface area contributed by atoms with E-state index in [1.807, 2.05) is 47.3 Å². The van der Waals surface area contributed by atoms with E-state index in [9.17, 15) is 0 Å². The van der Waals surface area contributed by atoms with Gasteiger partial charge < -0.3 is 10.6 Å². The van der Waals surface area contributed by atoms with E-state index < -0.39 is 0 Å². The number of nitrogens with zero attached hydrogens (tertiary/aromatic N) is 6. The summed E-state index contributed by atoms with van der Waals surface area (Å²) in [5.74, 6) is 0.903. The highest BCUT2D eigenvalue weighted by Gasteiger charge is 2.45. The van der Waals surface area contributed by atoms with Crippen LogP contribution in [0, 0.1) is 5.41 Å². The zero-order valence-electron chi connectivity index (χ0n) is 19.5. The van der Waals surface area contributed by atoms with Gasteiger partial charge in [-0.2, -0.15) is 0 Å². The lowest BCUT2D eigenvalue weighted by Gasteiger charge is -2.42. The molecule has 1 spiro atoms. The van der Waals surface area contributed by atoms with Gasteiger partial charge in [-0.15, -0.1) is 0 Å². The van der Waals surface area contributed by atoms with Crippen molar-refractivity contribution >= 4 is 46.0 Å². The number of pyridine rings is 2. The predicted octanol–water partition coefficient (Wildman–Crippen LogP) is 5.32. The zero-order valence-corrected chi connectivity index (χ0v) is 21.1. The minimum absolute atomic E-state index is 0.114. The average molecular weight is 514 g/mol. The van der Waals surface area contributed by atoms with Crippen molar-refractivity contribution in [3.63, 3.8) is 0 Å². The largest absolute Gasteiger partial charge is 0.355 e. The first kappa shape index (κ1) is 22.0. The number of piperidine rings is 1. The van der Waals surface area contributed by atoms with Gasteiger partial charge in [0.1, 0.15) is 27.0 Å². The number of hydrogen-bond donors (Lipinski definition) is 1. The molecule has 0 saturated carbocycles. The Morgan fingerprint density at radius 3 is 2.69 bits per heavy atom. The predicted molar refractivity (Wildman–Crippen MR) is 143 cm³/mol. The molecule has 5 aromatic rings. The van der Waals surface area contributed by atoms with Crippen molar-refractivity contribution in [1.29, 1.82) is 0 Å². The molecule has 1 aliphatic carbocycles. The number of anilines is 1. The quantitative estimate of drug-likeness (QED) is 0.349. The van der Waals surface area contributed by atoms with Crippen LogP contribution >= 0.6 is 23.4 Å². The molecular weight excluding hydrogens is 490 g/mol. The maximum atomic E-state index is 6.75. The fraction of sp³-hybridized carbons (Fsp3) is 0.259. The third-order valence-electron chi connectivity index (χ3n) is 7.69. The van der Waals surface area contributed by atoms with Gasteiger partial charge in [0.2, 0.25) is 0 Å². The van der Waals surface area contributed by atoms with Crippen LogP contribution in [0.25, 0.3) is 16.8 Å². The Balaban J connectivity index is 1.09. The maximum absolute atomic E-state index is 6.75.